The van der Waals surface area contributed by atoms with Gasteiger partial charge in [0.05, 0.1) is 5.69 Å². The van der Waals surface area contributed by atoms with Crippen molar-refractivity contribution in [1.82, 2.24) is 20.0 Å². The highest BCUT2D eigenvalue weighted by Gasteiger charge is 2.23. The number of carbonyl (C=O) groups excluding carboxylic acids is 1. The Bertz CT molecular complexity index is 530. The van der Waals surface area contributed by atoms with Crippen LogP contribution in [-0.2, 0) is 11.3 Å². The molecule has 1 aliphatic rings. The van der Waals surface area contributed by atoms with Gasteiger partial charge in [0, 0.05) is 37.4 Å². The molecule has 1 aromatic heterocycles. The Labute approximate surface area is 120 Å². The number of hydrogen-bond donors (Lipinski definition) is 1. The number of nitrogens with one attached hydrogen (secondary N) is 1. The molecule has 0 aliphatic carbocycles. The number of carbonyl (C=O) groups is 1. The summed E-state index contributed by atoms with van der Waals surface area (Å²) in [6, 6.07) is 0.156. The third-order valence-corrected chi connectivity index (χ3v) is 3.79. The molecule has 1 aliphatic heterocycles. The molecule has 0 aromatic carbocycles. The average molecular weight is 276 g/mol. The Kier molecular flexibility index (Phi) is 4.28. The molecule has 110 valence electrons. The van der Waals surface area contributed by atoms with Crippen LogP contribution in [0.5, 0.6) is 0 Å². The highest BCUT2D eigenvalue weighted by atomic mass is 16.2. The fourth-order valence-electron chi connectivity index (χ4n) is 2.62. The van der Waals surface area contributed by atoms with Crippen LogP contribution in [0.15, 0.2) is 12.2 Å². The quantitative estimate of drug-likeness (QED) is 0.849. The molecule has 20 heavy (non-hydrogen) atoms. The van der Waals surface area contributed by atoms with Crippen molar-refractivity contribution < 1.29 is 4.79 Å². The molecule has 1 amide bonds. The minimum Gasteiger partial charge on any atom is -0.340 e. The second kappa shape index (κ2) is 5.79. The zero-order valence-corrected chi connectivity index (χ0v) is 13.0. The summed E-state index contributed by atoms with van der Waals surface area (Å²) in [4.78, 5) is 14.1. The number of hydrogen-bond acceptors (Lipinski definition) is 3. The monoisotopic (exact) mass is 276 g/mol. The van der Waals surface area contributed by atoms with E-state index >= 15 is 0 Å². The summed E-state index contributed by atoms with van der Waals surface area (Å²) in [7, 11) is 1.85. The molecule has 1 unspecified atom stereocenters. The van der Waals surface area contributed by atoms with Crippen LogP contribution in [0.4, 0.5) is 0 Å². The normalized spacial score (nSPS) is 18.0. The van der Waals surface area contributed by atoms with Crippen molar-refractivity contribution in [2.24, 2.45) is 0 Å². The molecule has 0 bridgehead atoms. The summed E-state index contributed by atoms with van der Waals surface area (Å²) in [5.41, 5.74) is 3.30. The molecular weight excluding hydrogens is 252 g/mol. The molecule has 1 atom stereocenters. The van der Waals surface area contributed by atoms with Crippen molar-refractivity contribution in [1.29, 1.82) is 0 Å². The Morgan fingerprint density at radius 2 is 2.25 bits per heavy atom. The van der Waals surface area contributed by atoms with E-state index in [1.54, 1.807) is 4.90 Å². The first-order valence-corrected chi connectivity index (χ1v) is 7.11. The molecule has 0 saturated heterocycles. The zero-order valence-electron chi connectivity index (χ0n) is 13.0. The summed E-state index contributed by atoms with van der Waals surface area (Å²) in [6.07, 6.45) is 3.92. The minimum atomic E-state index is -0.180. The smallest absolute Gasteiger partial charge is 0.243 e. The Morgan fingerprint density at radius 3 is 2.75 bits per heavy atom. The van der Waals surface area contributed by atoms with Gasteiger partial charge in [0.2, 0.25) is 5.91 Å². The SMILES string of the molecule is Cc1nn(C(C)C)c(C)c1CN(C)C(=O)C1C=CCN1. The first-order valence-electron chi connectivity index (χ1n) is 7.11. The lowest BCUT2D eigenvalue weighted by Crippen LogP contribution is -2.41. The molecule has 5 heteroatoms. The van der Waals surface area contributed by atoms with Crippen molar-refractivity contribution in [3.05, 3.63) is 29.1 Å². The maximum absolute atomic E-state index is 12.3. The molecule has 1 aromatic rings. The number of likely N-dealkylation sites (N-methyl/N-ethyl adjacent to an activating group) is 1. The fraction of sp³-hybridized carbons (Fsp3) is 0.600. The van der Waals surface area contributed by atoms with Gasteiger partial charge in [-0.2, -0.15) is 5.10 Å². The molecule has 0 fully saturated rings. The zero-order chi connectivity index (χ0) is 14.9. The number of nitrogens with zero attached hydrogens (tertiary/aromatic N) is 3. The molecule has 0 radical (unpaired) electrons. The van der Waals surface area contributed by atoms with Crippen LogP contribution in [0, 0.1) is 13.8 Å². The standard InChI is InChI=1S/C15H24N4O/c1-10(2)19-12(4)13(11(3)17-19)9-18(5)15(20)14-7-6-8-16-14/h6-7,10,14,16H,8-9H2,1-5H3. The van der Waals surface area contributed by atoms with Gasteiger partial charge in [-0.1, -0.05) is 12.2 Å². The van der Waals surface area contributed by atoms with Crippen molar-refractivity contribution in [2.75, 3.05) is 13.6 Å². The van der Waals surface area contributed by atoms with Gasteiger partial charge in [0.15, 0.2) is 0 Å². The first kappa shape index (κ1) is 14.8. The molecule has 2 heterocycles. The molecule has 2 rings (SSSR count). The van der Waals surface area contributed by atoms with E-state index in [1.165, 1.54) is 0 Å². The van der Waals surface area contributed by atoms with Crippen molar-refractivity contribution in [3.63, 3.8) is 0 Å². The number of aryl methyl sites for hydroxylation is 1. The second-order valence-electron chi connectivity index (χ2n) is 5.70. The summed E-state index contributed by atoms with van der Waals surface area (Å²) < 4.78 is 2.02. The lowest BCUT2D eigenvalue weighted by molar-refractivity contribution is -0.131. The molecular formula is C15H24N4O. The third kappa shape index (κ3) is 2.77. The number of rotatable bonds is 4. The predicted molar refractivity (Wildman–Crippen MR) is 79.5 cm³/mol. The Morgan fingerprint density at radius 1 is 1.55 bits per heavy atom. The Balaban J connectivity index is 2.13. The van der Waals surface area contributed by atoms with Gasteiger partial charge in [-0.05, 0) is 27.7 Å². The lowest BCUT2D eigenvalue weighted by Gasteiger charge is -2.21. The Hall–Kier alpha value is -1.62. The van der Waals surface area contributed by atoms with Crippen LogP contribution >= 0.6 is 0 Å². The van der Waals surface area contributed by atoms with Crippen LogP contribution in [0.3, 0.4) is 0 Å². The van der Waals surface area contributed by atoms with Crippen LogP contribution in [-0.4, -0.2) is 40.2 Å². The van der Waals surface area contributed by atoms with E-state index in [-0.39, 0.29) is 11.9 Å². The minimum absolute atomic E-state index is 0.106. The molecule has 0 spiro atoms. The van der Waals surface area contributed by atoms with Crippen molar-refractivity contribution >= 4 is 5.91 Å². The van der Waals surface area contributed by atoms with Crippen LogP contribution in [0.2, 0.25) is 0 Å². The number of aromatic nitrogens is 2. The van der Waals surface area contributed by atoms with Crippen LogP contribution in [0.1, 0.15) is 36.8 Å². The van der Waals surface area contributed by atoms with E-state index in [1.807, 2.05) is 30.8 Å². The first-order chi connectivity index (χ1) is 9.41. The number of amides is 1. The van der Waals surface area contributed by atoms with Crippen molar-refractivity contribution in [2.45, 2.75) is 46.3 Å². The highest BCUT2D eigenvalue weighted by Crippen LogP contribution is 2.19. The van der Waals surface area contributed by atoms with E-state index in [0.717, 1.165) is 23.5 Å². The van der Waals surface area contributed by atoms with Gasteiger partial charge in [0.25, 0.3) is 0 Å². The van der Waals surface area contributed by atoms with Gasteiger partial charge in [-0.3, -0.25) is 14.8 Å². The van der Waals surface area contributed by atoms with Gasteiger partial charge in [-0.15, -0.1) is 0 Å². The van der Waals surface area contributed by atoms with E-state index in [2.05, 4.69) is 31.2 Å². The lowest BCUT2D eigenvalue weighted by atomic mass is 10.1. The highest BCUT2D eigenvalue weighted by molar-refractivity contribution is 5.84. The second-order valence-corrected chi connectivity index (χ2v) is 5.70. The van der Waals surface area contributed by atoms with E-state index < -0.39 is 0 Å². The van der Waals surface area contributed by atoms with Crippen LogP contribution in [0.25, 0.3) is 0 Å². The summed E-state index contributed by atoms with van der Waals surface area (Å²) >= 11 is 0. The topological polar surface area (TPSA) is 50.2 Å². The summed E-state index contributed by atoms with van der Waals surface area (Å²) in [5, 5.41) is 7.72. The van der Waals surface area contributed by atoms with Crippen LogP contribution < -0.4 is 5.32 Å². The summed E-state index contributed by atoms with van der Waals surface area (Å²) in [6.45, 7) is 9.69. The largest absolute Gasteiger partial charge is 0.340 e. The molecule has 5 nitrogen and oxygen atoms in total. The third-order valence-electron chi connectivity index (χ3n) is 3.79. The van der Waals surface area contributed by atoms with Gasteiger partial charge in [-0.25, -0.2) is 0 Å². The molecule has 0 saturated carbocycles. The van der Waals surface area contributed by atoms with Gasteiger partial charge >= 0.3 is 0 Å². The van der Waals surface area contributed by atoms with E-state index in [9.17, 15) is 4.79 Å². The molecule has 1 N–H and O–H groups in total. The maximum Gasteiger partial charge on any atom is 0.243 e. The summed E-state index contributed by atoms with van der Waals surface area (Å²) in [5.74, 6) is 0.106. The van der Waals surface area contributed by atoms with Gasteiger partial charge in [0.1, 0.15) is 6.04 Å². The fourth-order valence-corrected chi connectivity index (χ4v) is 2.62. The van der Waals surface area contributed by atoms with Crippen molar-refractivity contribution in [3.8, 4) is 0 Å². The van der Waals surface area contributed by atoms with Gasteiger partial charge < -0.3 is 4.90 Å². The predicted octanol–water partition coefficient (Wildman–Crippen LogP) is 1.57. The van der Waals surface area contributed by atoms with E-state index in [0.29, 0.717) is 12.6 Å². The average Bonchev–Trinajstić information content (AvgIpc) is 3.01. The maximum atomic E-state index is 12.3. The van der Waals surface area contributed by atoms with E-state index in [4.69, 9.17) is 0 Å².